The Morgan fingerprint density at radius 1 is 0.955 bits per heavy atom. The van der Waals surface area contributed by atoms with Crippen LogP contribution in [0.15, 0.2) is 48.5 Å². The number of methoxy groups -OCH3 is 2. The van der Waals surface area contributed by atoms with Crippen molar-refractivity contribution >= 4 is 11.8 Å². The van der Waals surface area contributed by atoms with Crippen LogP contribution in [0.2, 0.25) is 0 Å². The fourth-order valence-electron chi connectivity index (χ4n) is 1.80. The zero-order valence-electron chi connectivity index (χ0n) is 12.3. The van der Waals surface area contributed by atoms with E-state index < -0.39 is 5.97 Å². The molecule has 2 aromatic rings. The van der Waals surface area contributed by atoms with Crippen LogP contribution in [0.1, 0.15) is 15.9 Å². The molecule has 22 heavy (non-hydrogen) atoms. The highest BCUT2D eigenvalue weighted by atomic mass is 16.7. The molecule has 6 heteroatoms. The van der Waals surface area contributed by atoms with Crippen molar-refractivity contribution < 1.29 is 24.3 Å². The molecule has 2 aromatic carbocycles. The second-order valence-electron chi connectivity index (χ2n) is 4.34. The lowest BCUT2D eigenvalue weighted by atomic mass is 10.2. The number of hydrogen-bond acceptors (Lipinski definition) is 4. The Bertz CT molecular complexity index is 684. The van der Waals surface area contributed by atoms with Crippen molar-refractivity contribution in [1.82, 2.24) is 0 Å². The standard InChI is InChI=1S/C16H16N2O4/c1-20-13-9-8-12(10-14(13)21-2)15(17)18-22-16(19)11-6-4-3-5-7-11/h3-10H,1-2H3,(H2,17,18)/p+1. The van der Waals surface area contributed by atoms with E-state index >= 15 is 0 Å². The number of carbonyl (C=O) groups excluding carboxylic acids is 1. The number of ether oxygens (including phenoxy) is 2. The molecule has 0 atom stereocenters. The maximum atomic E-state index is 11.8. The van der Waals surface area contributed by atoms with E-state index in [1.54, 1.807) is 49.6 Å². The Kier molecular flexibility index (Phi) is 4.98. The van der Waals surface area contributed by atoms with Gasteiger partial charge in [-0.15, -0.1) is 0 Å². The maximum absolute atomic E-state index is 11.8. The van der Waals surface area contributed by atoms with Crippen LogP contribution in [-0.2, 0) is 4.84 Å². The first kappa shape index (κ1) is 15.4. The number of benzene rings is 2. The number of nitrogens with one attached hydrogen (secondary N) is 1. The molecular weight excluding hydrogens is 284 g/mol. The fourth-order valence-corrected chi connectivity index (χ4v) is 1.80. The van der Waals surface area contributed by atoms with Crippen molar-refractivity contribution in [3.63, 3.8) is 0 Å². The maximum Gasteiger partial charge on any atom is 0.387 e. The Morgan fingerprint density at radius 3 is 2.27 bits per heavy atom. The lowest BCUT2D eigenvalue weighted by Gasteiger charge is -2.07. The Balaban J connectivity index is 2.14. The highest BCUT2D eigenvalue weighted by Crippen LogP contribution is 2.26. The zero-order valence-corrected chi connectivity index (χ0v) is 12.3. The molecule has 114 valence electrons. The van der Waals surface area contributed by atoms with Crippen LogP contribution in [0.25, 0.3) is 0 Å². The minimum absolute atomic E-state index is 0.185. The van der Waals surface area contributed by atoms with Gasteiger partial charge >= 0.3 is 11.8 Å². The summed E-state index contributed by atoms with van der Waals surface area (Å²) >= 11 is 0. The largest absolute Gasteiger partial charge is 0.493 e. The molecule has 0 heterocycles. The van der Waals surface area contributed by atoms with Gasteiger partial charge in [0.05, 0.1) is 25.3 Å². The molecule has 2 rings (SSSR count). The molecule has 0 amide bonds. The lowest BCUT2D eigenvalue weighted by Crippen LogP contribution is -2.75. The highest BCUT2D eigenvalue weighted by molar-refractivity contribution is 5.94. The summed E-state index contributed by atoms with van der Waals surface area (Å²) in [7, 11) is 3.07. The van der Waals surface area contributed by atoms with Crippen molar-refractivity contribution in [2.75, 3.05) is 14.2 Å². The number of nitrogen functional groups attached to an aromatic ring is 1. The van der Waals surface area contributed by atoms with E-state index in [1.807, 2.05) is 6.07 Å². The second-order valence-corrected chi connectivity index (χ2v) is 4.34. The van der Waals surface area contributed by atoms with E-state index in [0.29, 0.717) is 22.6 Å². The highest BCUT2D eigenvalue weighted by Gasteiger charge is 2.13. The minimum Gasteiger partial charge on any atom is -0.493 e. The van der Waals surface area contributed by atoms with E-state index in [-0.39, 0.29) is 5.84 Å². The van der Waals surface area contributed by atoms with Crippen LogP contribution < -0.4 is 20.4 Å². The molecule has 0 saturated carbocycles. The smallest absolute Gasteiger partial charge is 0.387 e. The van der Waals surface area contributed by atoms with Crippen LogP contribution in [-0.4, -0.2) is 26.0 Å². The molecule has 6 nitrogen and oxygen atoms in total. The summed E-state index contributed by atoms with van der Waals surface area (Å²) in [6.45, 7) is 0. The van der Waals surface area contributed by atoms with E-state index in [4.69, 9.17) is 20.0 Å². The van der Waals surface area contributed by atoms with Crippen molar-refractivity contribution in [1.29, 1.82) is 0 Å². The minimum atomic E-state index is -0.524. The van der Waals surface area contributed by atoms with Crippen LogP contribution in [0.3, 0.4) is 0 Å². The molecule has 0 saturated heterocycles. The van der Waals surface area contributed by atoms with Gasteiger partial charge in [-0.2, -0.15) is 0 Å². The normalized spacial score (nSPS) is 10.9. The Hall–Kier alpha value is -3.02. The molecule has 0 aliphatic rings. The van der Waals surface area contributed by atoms with E-state index in [2.05, 4.69) is 5.16 Å². The van der Waals surface area contributed by atoms with Crippen LogP contribution in [0.4, 0.5) is 0 Å². The monoisotopic (exact) mass is 301 g/mol. The van der Waals surface area contributed by atoms with Gasteiger partial charge in [-0.05, 0) is 30.3 Å². The zero-order chi connectivity index (χ0) is 15.9. The van der Waals surface area contributed by atoms with Crippen LogP contribution in [0.5, 0.6) is 11.5 Å². The summed E-state index contributed by atoms with van der Waals surface area (Å²) < 4.78 is 10.3. The predicted octanol–water partition coefficient (Wildman–Crippen LogP) is 0.262. The van der Waals surface area contributed by atoms with Gasteiger partial charge in [0.1, 0.15) is 0 Å². The van der Waals surface area contributed by atoms with Crippen molar-refractivity contribution in [2.24, 2.45) is 5.73 Å². The van der Waals surface area contributed by atoms with E-state index in [1.165, 1.54) is 7.11 Å². The van der Waals surface area contributed by atoms with Gasteiger partial charge in [0.2, 0.25) is 0 Å². The molecule has 3 N–H and O–H groups in total. The quantitative estimate of drug-likeness (QED) is 0.358. The van der Waals surface area contributed by atoms with Gasteiger partial charge in [0, 0.05) is 0 Å². The van der Waals surface area contributed by atoms with Crippen molar-refractivity contribution in [3.8, 4) is 11.5 Å². The van der Waals surface area contributed by atoms with Gasteiger partial charge in [-0.25, -0.2) is 4.79 Å². The molecule has 0 aliphatic carbocycles. The third kappa shape index (κ3) is 3.54. The van der Waals surface area contributed by atoms with Gasteiger partial charge in [-0.3, -0.25) is 10.6 Å². The summed E-state index contributed by atoms with van der Waals surface area (Å²) in [5.41, 5.74) is 6.90. The topological polar surface area (TPSA) is 84.8 Å². The van der Waals surface area contributed by atoms with Crippen LogP contribution >= 0.6 is 0 Å². The van der Waals surface area contributed by atoms with E-state index in [9.17, 15) is 4.79 Å². The van der Waals surface area contributed by atoms with Gasteiger partial charge in [0.25, 0.3) is 0 Å². The summed E-state index contributed by atoms with van der Waals surface area (Å²) in [5, 5.41) is 2.43. The average molecular weight is 301 g/mol. The number of amidine groups is 1. The average Bonchev–Trinajstić information content (AvgIpc) is 2.59. The second kappa shape index (κ2) is 7.12. The molecule has 0 radical (unpaired) electrons. The number of carbonyl (C=O) groups is 1. The van der Waals surface area contributed by atoms with Gasteiger partial charge < -0.3 is 9.47 Å². The first-order chi connectivity index (χ1) is 10.7. The van der Waals surface area contributed by atoms with E-state index in [0.717, 1.165) is 0 Å². The molecule has 0 unspecified atom stereocenters. The third-order valence-corrected chi connectivity index (χ3v) is 2.96. The van der Waals surface area contributed by atoms with Crippen molar-refractivity contribution in [2.45, 2.75) is 0 Å². The molecule has 0 fully saturated rings. The molecule has 0 bridgehead atoms. The fraction of sp³-hybridized carbons (Fsp3) is 0.125. The van der Waals surface area contributed by atoms with Gasteiger partial charge in [0.15, 0.2) is 11.5 Å². The SMILES string of the molecule is COc1ccc(C(N)=[NH+]OC(=O)c2ccccc2)cc1OC. The first-order valence-corrected chi connectivity index (χ1v) is 6.52. The number of rotatable bonds is 5. The summed E-state index contributed by atoms with van der Waals surface area (Å²) in [4.78, 5) is 16.8. The lowest BCUT2D eigenvalue weighted by molar-refractivity contribution is -0.721. The third-order valence-electron chi connectivity index (χ3n) is 2.96. The summed E-state index contributed by atoms with van der Waals surface area (Å²) in [5.74, 6) is 0.772. The predicted molar refractivity (Wildman–Crippen MR) is 80.7 cm³/mol. The number of nitrogens with two attached hydrogens (primary N) is 1. The molecule has 0 aliphatic heterocycles. The molecule has 0 spiro atoms. The first-order valence-electron chi connectivity index (χ1n) is 6.52. The van der Waals surface area contributed by atoms with Crippen molar-refractivity contribution in [3.05, 3.63) is 59.7 Å². The number of hydrogen-bond donors (Lipinski definition) is 2. The Labute approximate surface area is 128 Å². The Morgan fingerprint density at radius 2 is 1.64 bits per heavy atom. The summed E-state index contributed by atoms with van der Waals surface area (Å²) in [6, 6.07) is 13.7. The van der Waals surface area contributed by atoms with Crippen LogP contribution in [0, 0.1) is 0 Å². The van der Waals surface area contributed by atoms with Gasteiger partial charge in [-0.1, -0.05) is 23.4 Å². The molecule has 0 aromatic heterocycles. The molecular formula is C16H17N2O4+. The summed E-state index contributed by atoms with van der Waals surface area (Å²) in [6.07, 6.45) is 0.